The van der Waals surface area contributed by atoms with E-state index in [2.05, 4.69) is 31.2 Å². The third kappa shape index (κ3) is 5.61. The van der Waals surface area contributed by atoms with Crippen LogP contribution in [0.1, 0.15) is 18.9 Å². The molecule has 0 fully saturated rings. The number of carbonyl (C=O) groups excluding carboxylic acids is 2. The summed E-state index contributed by atoms with van der Waals surface area (Å²) in [7, 11) is 0. The van der Waals surface area contributed by atoms with Crippen LogP contribution in [0.3, 0.4) is 0 Å². The van der Waals surface area contributed by atoms with Gasteiger partial charge in [0.1, 0.15) is 6.61 Å². The second-order valence-electron chi connectivity index (χ2n) is 5.92. The fraction of sp³-hybridized carbons (Fsp3) is 0.143. The molecule has 1 aromatic heterocycles. The normalized spacial score (nSPS) is 10.3. The smallest absolute Gasteiger partial charge is 0.412 e. The number of amides is 1. The Balaban J connectivity index is 1.84. The minimum Gasteiger partial charge on any atom is -0.444 e. The summed E-state index contributed by atoms with van der Waals surface area (Å²) < 4.78 is 11.4. The van der Waals surface area contributed by atoms with E-state index in [4.69, 9.17) is 9.47 Å². The first-order valence-electron chi connectivity index (χ1n) is 8.86. The summed E-state index contributed by atoms with van der Waals surface area (Å²) in [5.41, 5.74) is 1.62. The maximum absolute atomic E-state index is 12.3. The Labute approximate surface area is 176 Å². The van der Waals surface area contributed by atoms with Crippen molar-refractivity contribution in [2.24, 2.45) is 0 Å². The van der Waals surface area contributed by atoms with E-state index >= 15 is 0 Å². The molecular weight excluding hydrogens is 438 g/mol. The lowest BCUT2D eigenvalue weighted by molar-refractivity contribution is -0.133. The quantitative estimate of drug-likeness (QED) is 0.416. The lowest BCUT2D eigenvalue weighted by Gasteiger charge is -2.15. The largest absolute Gasteiger partial charge is 0.444 e. The van der Waals surface area contributed by atoms with E-state index in [0.717, 1.165) is 5.56 Å². The summed E-state index contributed by atoms with van der Waals surface area (Å²) >= 11 is 3.29. The molecule has 0 saturated carbocycles. The monoisotopic (exact) mass is 455 g/mol. The van der Waals surface area contributed by atoms with Crippen molar-refractivity contribution < 1.29 is 19.1 Å². The number of esters is 1. The van der Waals surface area contributed by atoms with Crippen molar-refractivity contribution in [1.82, 2.24) is 9.97 Å². The fourth-order valence-electron chi connectivity index (χ4n) is 2.43. The Morgan fingerprint density at radius 3 is 2.45 bits per heavy atom. The molecule has 0 aliphatic heterocycles. The second kappa shape index (κ2) is 9.79. The van der Waals surface area contributed by atoms with Crippen LogP contribution in [-0.4, -0.2) is 22.0 Å². The number of rotatable bonds is 6. The molecule has 7 nitrogen and oxygen atoms in total. The van der Waals surface area contributed by atoms with Gasteiger partial charge in [-0.2, -0.15) is 0 Å². The molecule has 0 atom stereocenters. The molecule has 0 unspecified atom stereocenters. The standard InChI is InChI=1S/C21H18BrN3O4/c1-2-18(26)29-19-16(20-23-11-15(22)12-24-20)9-6-10-17(19)25-21(27)28-13-14-7-4-3-5-8-14/h3-12H,2,13H2,1H3,(H,25,27). The van der Waals surface area contributed by atoms with Gasteiger partial charge in [0, 0.05) is 18.8 Å². The van der Waals surface area contributed by atoms with Gasteiger partial charge in [-0.05, 0) is 33.6 Å². The van der Waals surface area contributed by atoms with Crippen molar-refractivity contribution in [3.63, 3.8) is 0 Å². The van der Waals surface area contributed by atoms with Crippen molar-refractivity contribution in [3.8, 4) is 17.1 Å². The van der Waals surface area contributed by atoms with Gasteiger partial charge >= 0.3 is 12.1 Å². The molecule has 3 rings (SSSR count). The van der Waals surface area contributed by atoms with E-state index in [-0.39, 0.29) is 24.5 Å². The zero-order valence-corrected chi connectivity index (χ0v) is 17.2. The Hall–Kier alpha value is -3.26. The summed E-state index contributed by atoms with van der Waals surface area (Å²) in [6.45, 7) is 1.80. The Morgan fingerprint density at radius 2 is 1.76 bits per heavy atom. The molecule has 0 aliphatic rings. The minimum atomic E-state index is -0.670. The molecule has 0 radical (unpaired) electrons. The van der Waals surface area contributed by atoms with Crippen LogP contribution in [0.4, 0.5) is 10.5 Å². The Morgan fingerprint density at radius 1 is 1.03 bits per heavy atom. The lowest BCUT2D eigenvalue weighted by atomic mass is 10.1. The maximum Gasteiger partial charge on any atom is 0.412 e. The highest BCUT2D eigenvalue weighted by molar-refractivity contribution is 9.10. The van der Waals surface area contributed by atoms with Gasteiger partial charge in [0.2, 0.25) is 0 Å². The van der Waals surface area contributed by atoms with Gasteiger partial charge in [-0.25, -0.2) is 14.8 Å². The van der Waals surface area contributed by atoms with Crippen LogP contribution in [0.15, 0.2) is 65.4 Å². The number of para-hydroxylation sites is 1. The van der Waals surface area contributed by atoms with Gasteiger partial charge in [0.15, 0.2) is 11.6 Å². The zero-order valence-electron chi connectivity index (χ0n) is 15.6. The average molecular weight is 456 g/mol. The first kappa shape index (κ1) is 20.5. The van der Waals surface area contributed by atoms with Gasteiger partial charge < -0.3 is 9.47 Å². The third-order valence-corrected chi connectivity index (χ3v) is 4.24. The zero-order chi connectivity index (χ0) is 20.6. The summed E-state index contributed by atoms with van der Waals surface area (Å²) in [5, 5.41) is 2.63. The number of hydrogen-bond acceptors (Lipinski definition) is 6. The van der Waals surface area contributed by atoms with Crippen LogP contribution in [0, 0.1) is 0 Å². The van der Waals surface area contributed by atoms with Crippen molar-refractivity contribution in [1.29, 1.82) is 0 Å². The lowest BCUT2D eigenvalue weighted by Crippen LogP contribution is -2.16. The number of hydrogen-bond donors (Lipinski definition) is 1. The minimum absolute atomic E-state index is 0.117. The number of anilines is 1. The number of aromatic nitrogens is 2. The van der Waals surface area contributed by atoms with Crippen LogP contribution >= 0.6 is 15.9 Å². The number of carbonyl (C=O) groups is 2. The van der Waals surface area contributed by atoms with Crippen LogP contribution in [0.2, 0.25) is 0 Å². The highest BCUT2D eigenvalue weighted by Crippen LogP contribution is 2.35. The predicted octanol–water partition coefficient (Wildman–Crippen LogP) is 4.97. The molecule has 148 valence electrons. The summed E-state index contributed by atoms with van der Waals surface area (Å²) in [6, 6.07) is 14.3. The second-order valence-corrected chi connectivity index (χ2v) is 6.84. The maximum atomic E-state index is 12.3. The molecular formula is C21H18BrN3O4. The van der Waals surface area contributed by atoms with E-state index in [0.29, 0.717) is 15.9 Å². The van der Waals surface area contributed by atoms with Crippen LogP contribution in [0.25, 0.3) is 11.4 Å². The first-order valence-corrected chi connectivity index (χ1v) is 9.65. The molecule has 1 amide bonds. The molecule has 29 heavy (non-hydrogen) atoms. The predicted molar refractivity (Wildman–Crippen MR) is 111 cm³/mol. The van der Waals surface area contributed by atoms with E-state index < -0.39 is 12.1 Å². The van der Waals surface area contributed by atoms with E-state index in [9.17, 15) is 9.59 Å². The molecule has 0 saturated heterocycles. The van der Waals surface area contributed by atoms with Crippen LogP contribution in [-0.2, 0) is 16.1 Å². The SMILES string of the molecule is CCC(=O)Oc1c(NC(=O)OCc2ccccc2)cccc1-c1ncc(Br)cn1. The third-order valence-electron chi connectivity index (χ3n) is 3.83. The van der Waals surface area contributed by atoms with Gasteiger partial charge in [-0.15, -0.1) is 0 Å². The summed E-state index contributed by atoms with van der Waals surface area (Å²) in [5.74, 6) is 0.0713. The molecule has 3 aromatic rings. The van der Waals surface area contributed by atoms with Crippen molar-refractivity contribution in [2.45, 2.75) is 20.0 Å². The first-order chi connectivity index (χ1) is 14.1. The number of halogens is 1. The summed E-state index contributed by atoms with van der Waals surface area (Å²) in [4.78, 5) is 32.7. The van der Waals surface area contributed by atoms with E-state index in [1.807, 2.05) is 30.3 Å². The van der Waals surface area contributed by atoms with Crippen molar-refractivity contribution >= 4 is 33.7 Å². The van der Waals surface area contributed by atoms with Crippen LogP contribution in [0.5, 0.6) is 5.75 Å². The molecule has 1 N–H and O–H groups in total. The van der Waals surface area contributed by atoms with E-state index in [1.54, 1.807) is 37.5 Å². The van der Waals surface area contributed by atoms with Gasteiger partial charge in [0.05, 0.1) is 15.7 Å². The molecule has 0 bridgehead atoms. The average Bonchev–Trinajstić information content (AvgIpc) is 2.74. The molecule has 1 heterocycles. The van der Waals surface area contributed by atoms with Gasteiger partial charge in [-0.3, -0.25) is 10.1 Å². The van der Waals surface area contributed by atoms with Crippen LogP contribution < -0.4 is 10.1 Å². The number of ether oxygens (including phenoxy) is 2. The van der Waals surface area contributed by atoms with Crippen molar-refractivity contribution in [2.75, 3.05) is 5.32 Å². The highest BCUT2D eigenvalue weighted by atomic mass is 79.9. The molecule has 0 aliphatic carbocycles. The fourth-order valence-corrected chi connectivity index (χ4v) is 2.63. The van der Waals surface area contributed by atoms with Crippen molar-refractivity contribution in [3.05, 3.63) is 71.0 Å². The van der Waals surface area contributed by atoms with Gasteiger partial charge in [-0.1, -0.05) is 43.3 Å². The molecule has 8 heteroatoms. The Bertz CT molecular complexity index is 995. The van der Waals surface area contributed by atoms with E-state index in [1.165, 1.54) is 0 Å². The number of nitrogens with zero attached hydrogens (tertiary/aromatic N) is 2. The topological polar surface area (TPSA) is 90.4 Å². The molecule has 0 spiro atoms. The number of nitrogens with one attached hydrogen (secondary N) is 1. The van der Waals surface area contributed by atoms with Gasteiger partial charge in [0.25, 0.3) is 0 Å². The molecule has 2 aromatic carbocycles. The summed E-state index contributed by atoms with van der Waals surface area (Å²) in [6.07, 6.45) is 2.67. The highest BCUT2D eigenvalue weighted by Gasteiger charge is 2.18. The Kier molecular flexibility index (Phi) is 6.91. The number of benzene rings is 2.